The molecule has 0 saturated heterocycles. The largest absolute Gasteiger partial charge is 0.397 e. The summed E-state index contributed by atoms with van der Waals surface area (Å²) in [6.45, 7) is -4.43. The third-order valence-electron chi connectivity index (χ3n) is 1.63. The quantitative estimate of drug-likeness (QED) is 0.267. The van der Waals surface area contributed by atoms with Crippen molar-refractivity contribution in [3.8, 4) is 0 Å². The lowest BCUT2D eigenvalue weighted by Crippen LogP contribution is -2.30. The summed E-state index contributed by atoms with van der Waals surface area (Å²) < 4.78 is 121. The first-order chi connectivity index (χ1) is 10.5. The molecule has 0 unspecified atom stereocenters. The van der Waals surface area contributed by atoms with Crippen LogP contribution in [0.5, 0.6) is 0 Å². The second kappa shape index (κ2) is 11.8. The Morgan fingerprint density at radius 1 is 0.667 bits per heavy atom. The molecule has 0 aromatic heterocycles. The molecule has 4 N–H and O–H groups in total. The summed E-state index contributed by atoms with van der Waals surface area (Å²) in [6.07, 6.45) is 1.44. The molecular formula is C8H16F6O8S2. The van der Waals surface area contributed by atoms with Crippen LogP contribution in [-0.4, -0.2) is 73.2 Å². The molecule has 0 spiro atoms. The molecule has 0 bridgehead atoms. The van der Waals surface area contributed by atoms with Gasteiger partial charge in [-0.15, -0.1) is 0 Å². The Balaban J connectivity index is -0.000000282. The van der Waals surface area contributed by atoms with Crippen molar-refractivity contribution >= 4 is 20.2 Å². The predicted molar refractivity (Wildman–Crippen MR) is 68.3 cm³/mol. The maximum atomic E-state index is 11.4. The van der Waals surface area contributed by atoms with Gasteiger partial charge in [-0.3, -0.25) is 9.11 Å². The zero-order valence-electron chi connectivity index (χ0n) is 11.7. The summed E-state index contributed by atoms with van der Waals surface area (Å²) >= 11 is 0. The van der Waals surface area contributed by atoms with Crippen LogP contribution in [0, 0.1) is 0 Å². The number of aliphatic hydroxyl groups excluding tert-OH is 2. The highest BCUT2D eigenvalue weighted by Gasteiger charge is 2.44. The van der Waals surface area contributed by atoms with Gasteiger partial charge in [-0.1, -0.05) is 0 Å². The Bertz CT molecular complexity index is 473. The standard InChI is InChI=1S/C4H10O2.2C2H3F3O3S/c5-3-1-2-4-6;2*3-1-2(4,5)9(6,7)8/h5-6H,1-4H2;2*1H2,(H,6,7,8). The van der Waals surface area contributed by atoms with Crippen molar-refractivity contribution in [2.24, 2.45) is 0 Å². The van der Waals surface area contributed by atoms with Gasteiger partial charge in [-0.25, -0.2) is 8.78 Å². The molecule has 0 saturated carbocycles. The zero-order valence-corrected chi connectivity index (χ0v) is 13.4. The van der Waals surface area contributed by atoms with Gasteiger partial charge >= 0.3 is 30.7 Å². The van der Waals surface area contributed by atoms with Crippen LogP contribution in [0.3, 0.4) is 0 Å². The van der Waals surface area contributed by atoms with Crippen molar-refractivity contribution in [1.82, 2.24) is 0 Å². The van der Waals surface area contributed by atoms with E-state index in [2.05, 4.69) is 0 Å². The predicted octanol–water partition coefficient (Wildman–Crippen LogP) is 0.624. The van der Waals surface area contributed by atoms with E-state index in [1.807, 2.05) is 0 Å². The van der Waals surface area contributed by atoms with Crippen molar-refractivity contribution in [2.45, 2.75) is 23.4 Å². The highest BCUT2D eigenvalue weighted by molar-refractivity contribution is 7.87. The average molecular weight is 418 g/mol. The molecular weight excluding hydrogens is 402 g/mol. The molecule has 0 fully saturated rings. The van der Waals surface area contributed by atoms with E-state index in [1.54, 1.807) is 0 Å². The number of hydrogen-bond acceptors (Lipinski definition) is 6. The zero-order chi connectivity index (χ0) is 20.2. The van der Waals surface area contributed by atoms with Crippen molar-refractivity contribution in [3.63, 3.8) is 0 Å². The van der Waals surface area contributed by atoms with Gasteiger partial charge in [0.15, 0.2) is 13.3 Å². The third-order valence-corrected chi connectivity index (χ3v) is 3.36. The lowest BCUT2D eigenvalue weighted by molar-refractivity contribution is 0.0526. The monoisotopic (exact) mass is 418 g/mol. The van der Waals surface area contributed by atoms with Gasteiger partial charge in [-0.2, -0.15) is 34.4 Å². The fraction of sp³-hybridized carbons (Fsp3) is 1.00. The number of hydrogen-bond donors (Lipinski definition) is 4. The SMILES string of the molecule is O=S(=O)(O)C(F)(F)CF.O=S(=O)(O)C(F)(F)CF.OCCCCO. The number of unbranched alkanes of at least 4 members (excludes halogenated alkanes) is 1. The van der Waals surface area contributed by atoms with E-state index in [0.717, 1.165) is 12.8 Å². The van der Waals surface area contributed by atoms with E-state index in [0.29, 0.717) is 0 Å². The van der Waals surface area contributed by atoms with Crippen LogP contribution in [0.2, 0.25) is 0 Å². The van der Waals surface area contributed by atoms with Gasteiger partial charge in [0.2, 0.25) is 0 Å². The molecule has 0 aromatic rings. The highest BCUT2D eigenvalue weighted by Crippen LogP contribution is 2.20. The van der Waals surface area contributed by atoms with Crippen LogP contribution in [0.25, 0.3) is 0 Å². The van der Waals surface area contributed by atoms with Crippen LogP contribution in [0.15, 0.2) is 0 Å². The van der Waals surface area contributed by atoms with Crippen LogP contribution in [-0.2, 0) is 20.2 Å². The topological polar surface area (TPSA) is 149 Å². The summed E-state index contributed by atoms with van der Waals surface area (Å²) in [4.78, 5) is 0. The van der Waals surface area contributed by atoms with Crippen molar-refractivity contribution in [3.05, 3.63) is 0 Å². The van der Waals surface area contributed by atoms with Gasteiger partial charge < -0.3 is 10.2 Å². The molecule has 0 aromatic carbocycles. The first-order valence-corrected chi connectivity index (χ1v) is 8.45. The Morgan fingerprint density at radius 2 is 0.875 bits per heavy atom. The minimum absolute atomic E-state index is 0.195. The molecule has 16 heteroatoms. The molecule has 0 aliphatic heterocycles. The molecule has 0 radical (unpaired) electrons. The molecule has 0 amide bonds. The summed E-state index contributed by atoms with van der Waals surface area (Å²) in [5, 5.41) is 6.85. The van der Waals surface area contributed by atoms with Crippen molar-refractivity contribution in [2.75, 3.05) is 26.6 Å². The van der Waals surface area contributed by atoms with Gasteiger partial charge in [0.05, 0.1) is 0 Å². The Morgan fingerprint density at radius 3 is 0.917 bits per heavy atom. The van der Waals surface area contributed by atoms with Gasteiger partial charge in [0.25, 0.3) is 0 Å². The smallest absolute Gasteiger partial charge is 0.396 e. The molecule has 150 valence electrons. The maximum absolute atomic E-state index is 11.4. The normalized spacial score (nSPS) is 12.6. The Kier molecular flexibility index (Phi) is 13.8. The molecule has 0 atom stereocenters. The minimum Gasteiger partial charge on any atom is -0.396 e. The van der Waals surface area contributed by atoms with Crippen molar-refractivity contribution in [1.29, 1.82) is 0 Å². The van der Waals surface area contributed by atoms with E-state index >= 15 is 0 Å². The Hall–Kier alpha value is -0.680. The number of halogens is 6. The van der Waals surface area contributed by atoms with E-state index in [1.165, 1.54) is 0 Å². The molecule has 0 rings (SSSR count). The lowest BCUT2D eigenvalue weighted by atomic mass is 10.3. The fourth-order valence-corrected chi connectivity index (χ4v) is 0.637. The fourth-order valence-electron chi connectivity index (χ4n) is 0.361. The minimum atomic E-state index is -5.56. The lowest BCUT2D eigenvalue weighted by Gasteiger charge is -2.05. The van der Waals surface area contributed by atoms with Gasteiger partial charge in [0.1, 0.15) is 0 Å². The van der Waals surface area contributed by atoms with E-state index < -0.39 is 44.1 Å². The molecule has 0 heterocycles. The van der Waals surface area contributed by atoms with E-state index in [-0.39, 0.29) is 13.2 Å². The van der Waals surface area contributed by atoms with E-state index in [9.17, 15) is 43.2 Å². The number of aliphatic hydroxyl groups is 2. The molecule has 24 heavy (non-hydrogen) atoms. The third kappa shape index (κ3) is 12.7. The number of alkyl halides is 6. The summed E-state index contributed by atoms with van der Waals surface area (Å²) in [7, 11) is -11.1. The summed E-state index contributed by atoms with van der Waals surface area (Å²) in [5.74, 6) is 0. The van der Waals surface area contributed by atoms with E-state index in [4.69, 9.17) is 19.3 Å². The molecule has 8 nitrogen and oxygen atoms in total. The van der Waals surface area contributed by atoms with Crippen LogP contribution in [0.1, 0.15) is 12.8 Å². The Labute approximate surface area is 133 Å². The first-order valence-electron chi connectivity index (χ1n) is 5.57. The first kappa shape index (κ1) is 28.1. The van der Waals surface area contributed by atoms with Gasteiger partial charge in [0, 0.05) is 13.2 Å². The molecule has 0 aliphatic carbocycles. The average Bonchev–Trinajstić information content (AvgIpc) is 2.44. The second-order valence-electron chi connectivity index (χ2n) is 3.65. The second-order valence-corrected chi connectivity index (χ2v) is 6.74. The summed E-state index contributed by atoms with van der Waals surface area (Å²) in [5.41, 5.74) is 0. The molecule has 0 aliphatic rings. The van der Waals surface area contributed by atoms with Gasteiger partial charge in [-0.05, 0) is 12.8 Å². The summed E-state index contributed by atoms with van der Waals surface area (Å²) in [6, 6.07) is 0. The highest BCUT2D eigenvalue weighted by atomic mass is 32.2. The van der Waals surface area contributed by atoms with Crippen LogP contribution >= 0.6 is 0 Å². The van der Waals surface area contributed by atoms with Crippen LogP contribution in [0.4, 0.5) is 26.3 Å². The van der Waals surface area contributed by atoms with Crippen LogP contribution < -0.4 is 0 Å². The maximum Gasteiger partial charge on any atom is 0.397 e. The van der Waals surface area contributed by atoms with Crippen molar-refractivity contribution < 1.29 is 62.5 Å². The number of rotatable bonds is 7.